The van der Waals surface area contributed by atoms with Gasteiger partial charge in [0.05, 0.1) is 31.4 Å². The number of nitrogens with two attached hydrogens (primary N) is 1. The number of carbonyl (C=O) groups is 4. The number of hydrogen-bond donors (Lipinski definition) is 3. The maximum absolute atomic E-state index is 14.1. The molecule has 1 aromatic carbocycles. The van der Waals surface area contributed by atoms with Crippen LogP contribution in [0.4, 0.5) is 10.5 Å². The van der Waals surface area contributed by atoms with E-state index in [-0.39, 0.29) is 17.9 Å². The molecule has 0 spiro atoms. The van der Waals surface area contributed by atoms with Gasteiger partial charge in [0.1, 0.15) is 40.3 Å². The Hall–Kier alpha value is -3.30. The Balaban J connectivity index is 1.75. The number of benzene rings is 1. The van der Waals surface area contributed by atoms with Gasteiger partial charge in [-0.05, 0) is 51.1 Å². The van der Waals surface area contributed by atoms with Gasteiger partial charge in [0, 0.05) is 38.1 Å². The number of hydrogen-bond acceptors (Lipinski definition) is 11. The molecule has 0 aromatic heterocycles. The molecule has 8 unspecified atom stereocenters. The second-order valence-electron chi connectivity index (χ2n) is 14.0. The molecule has 4 rings (SSSR count). The lowest BCUT2D eigenvalue weighted by Gasteiger charge is -2.41. The first-order valence-corrected chi connectivity index (χ1v) is 18.7. The Morgan fingerprint density at radius 3 is 2.63 bits per heavy atom. The lowest BCUT2D eigenvalue weighted by atomic mass is 9.82. The Labute approximate surface area is 309 Å². The van der Waals surface area contributed by atoms with E-state index in [1.165, 1.54) is 42.6 Å². The van der Waals surface area contributed by atoms with Crippen molar-refractivity contribution in [2.45, 2.75) is 95.6 Å². The van der Waals surface area contributed by atoms with Gasteiger partial charge in [-0.25, -0.2) is 9.59 Å². The summed E-state index contributed by atoms with van der Waals surface area (Å²) in [6.07, 6.45) is 4.32. The molecule has 4 bridgehead atoms. The molecule has 0 aliphatic carbocycles. The largest absolute Gasteiger partial charge is 0.495 e. The highest BCUT2D eigenvalue weighted by atomic mass is 35.5. The van der Waals surface area contributed by atoms with Crippen LogP contribution < -0.4 is 20.7 Å². The van der Waals surface area contributed by atoms with Gasteiger partial charge >= 0.3 is 12.1 Å². The van der Waals surface area contributed by atoms with Crippen molar-refractivity contribution in [2.24, 2.45) is 17.6 Å². The number of carbonyl (C=O) groups excluding carboxylic acids is 4. The predicted molar refractivity (Wildman–Crippen MR) is 196 cm³/mol. The average molecular weight is 751 g/mol. The van der Waals surface area contributed by atoms with Gasteiger partial charge in [-0.3, -0.25) is 14.9 Å². The standard InChI is InChI=1S/C36H51ClN4O9S/c1-19-11-10-12-20(2)36(46)17-27(48-34(45)39-36)21(3)31-35(5,50-31)28(49-33(44)22(4)40(6)32(43)24(38)18-51-9)16-29(42)41(7)25-14-23(13-19)15-26(47-8)30(25)37/h10-12,14-15,20-22,24,27-28,31,46H,13,16-18,38H2,1-9H3,(H,39,45)/b12-10+,19-11+/t20?,21?,22-,24?,27?,28?,31?,35?,36?/m0/s1. The number of epoxide rings is 1. The molecule has 0 saturated carbocycles. The molecule has 3 amide bonds. The molecular formula is C36H51ClN4O9S. The third-order valence-electron chi connectivity index (χ3n) is 10.3. The molecule has 3 aliphatic heterocycles. The Kier molecular flexibility index (Phi) is 12.8. The molecule has 0 radical (unpaired) electrons. The summed E-state index contributed by atoms with van der Waals surface area (Å²) in [5, 5.41) is 14.5. The van der Waals surface area contributed by atoms with Gasteiger partial charge in [-0.15, -0.1) is 0 Å². The van der Waals surface area contributed by atoms with Crippen molar-refractivity contribution in [1.29, 1.82) is 0 Å². The Bertz CT molecular complexity index is 1570. The van der Waals surface area contributed by atoms with Gasteiger partial charge in [-0.2, -0.15) is 11.8 Å². The molecular weight excluding hydrogens is 700 g/mol. The van der Waals surface area contributed by atoms with E-state index in [9.17, 15) is 24.3 Å². The van der Waals surface area contributed by atoms with Crippen LogP contribution in [0.5, 0.6) is 5.75 Å². The lowest BCUT2D eigenvalue weighted by molar-refractivity contribution is -0.162. The van der Waals surface area contributed by atoms with Crippen molar-refractivity contribution in [2.75, 3.05) is 38.1 Å². The van der Waals surface area contributed by atoms with Crippen LogP contribution >= 0.6 is 23.4 Å². The van der Waals surface area contributed by atoms with Crippen LogP contribution in [0.15, 0.2) is 35.9 Å². The molecule has 9 atom stereocenters. The van der Waals surface area contributed by atoms with Gasteiger partial charge < -0.3 is 39.6 Å². The van der Waals surface area contributed by atoms with Gasteiger partial charge in [-0.1, -0.05) is 49.2 Å². The molecule has 51 heavy (non-hydrogen) atoms. The summed E-state index contributed by atoms with van der Waals surface area (Å²) in [6.45, 7) is 8.82. The minimum absolute atomic E-state index is 0.0561. The monoisotopic (exact) mass is 750 g/mol. The van der Waals surface area contributed by atoms with Crippen LogP contribution in [-0.2, 0) is 35.0 Å². The van der Waals surface area contributed by atoms with Crippen molar-refractivity contribution in [3.8, 4) is 5.75 Å². The summed E-state index contributed by atoms with van der Waals surface area (Å²) in [5.74, 6) is -1.84. The fourth-order valence-electron chi connectivity index (χ4n) is 6.61. The van der Waals surface area contributed by atoms with E-state index in [1.807, 2.05) is 38.3 Å². The second-order valence-corrected chi connectivity index (χ2v) is 15.3. The van der Waals surface area contributed by atoms with Gasteiger partial charge in [0.15, 0.2) is 0 Å². The minimum Gasteiger partial charge on any atom is -0.495 e. The number of allylic oxidation sites excluding steroid dienone is 3. The molecule has 3 heterocycles. The molecule has 4 N–H and O–H groups in total. The van der Waals surface area contributed by atoms with E-state index in [0.29, 0.717) is 23.6 Å². The van der Waals surface area contributed by atoms with Crippen molar-refractivity contribution < 1.29 is 43.2 Å². The van der Waals surface area contributed by atoms with Crippen molar-refractivity contribution in [1.82, 2.24) is 10.2 Å². The molecule has 3 aliphatic rings. The van der Waals surface area contributed by atoms with Crippen LogP contribution in [0.3, 0.4) is 0 Å². The lowest BCUT2D eigenvalue weighted by Crippen LogP contribution is -2.60. The maximum Gasteiger partial charge on any atom is 0.409 e. The number of rotatable bonds is 7. The fraction of sp³-hybridized carbons (Fsp3) is 0.611. The molecule has 282 valence electrons. The molecule has 15 heteroatoms. The predicted octanol–water partition coefficient (Wildman–Crippen LogP) is 3.83. The number of anilines is 1. The minimum atomic E-state index is -1.62. The molecule has 13 nitrogen and oxygen atoms in total. The topological polar surface area (TPSA) is 173 Å². The van der Waals surface area contributed by atoms with E-state index in [2.05, 4.69) is 5.32 Å². The summed E-state index contributed by atoms with van der Waals surface area (Å²) in [4.78, 5) is 56.1. The first kappa shape index (κ1) is 40.5. The van der Waals surface area contributed by atoms with Crippen molar-refractivity contribution >= 4 is 52.9 Å². The number of amides is 3. The van der Waals surface area contributed by atoms with Crippen LogP contribution in [0.2, 0.25) is 5.02 Å². The van der Waals surface area contributed by atoms with E-state index in [0.717, 1.165) is 11.1 Å². The van der Waals surface area contributed by atoms with Crippen LogP contribution in [0, 0.1) is 11.8 Å². The summed E-state index contributed by atoms with van der Waals surface area (Å²) in [5.41, 5.74) is 5.42. The van der Waals surface area contributed by atoms with E-state index in [4.69, 9.17) is 36.3 Å². The van der Waals surface area contributed by atoms with Crippen LogP contribution in [0.25, 0.3) is 0 Å². The quantitative estimate of drug-likeness (QED) is 0.273. The number of aliphatic hydroxyl groups is 1. The third-order valence-corrected chi connectivity index (χ3v) is 11.4. The smallest absolute Gasteiger partial charge is 0.409 e. The highest BCUT2D eigenvalue weighted by Gasteiger charge is 2.64. The van der Waals surface area contributed by atoms with Crippen molar-refractivity contribution in [3.63, 3.8) is 0 Å². The van der Waals surface area contributed by atoms with Gasteiger partial charge in [0.25, 0.3) is 0 Å². The van der Waals surface area contributed by atoms with Gasteiger partial charge in [0.2, 0.25) is 11.8 Å². The molecule has 2 saturated heterocycles. The number of esters is 1. The number of likely N-dealkylation sites (N-methyl/N-ethyl adjacent to an activating group) is 1. The van der Waals surface area contributed by atoms with Crippen LogP contribution in [0.1, 0.15) is 53.0 Å². The Morgan fingerprint density at radius 1 is 1.29 bits per heavy atom. The molecule has 1 aromatic rings. The normalized spacial score (nSPS) is 32.6. The average Bonchev–Trinajstić information content (AvgIpc) is 3.78. The number of fused-ring (bicyclic) bond motifs is 5. The summed E-state index contributed by atoms with van der Waals surface area (Å²) in [7, 11) is 4.55. The number of nitrogens with one attached hydrogen (secondary N) is 1. The van der Waals surface area contributed by atoms with Crippen LogP contribution in [-0.4, -0.2) is 109 Å². The fourth-order valence-corrected chi connectivity index (χ4v) is 7.42. The number of halogens is 1. The van der Waals surface area contributed by atoms with E-state index < -0.39 is 77.4 Å². The Morgan fingerprint density at radius 2 is 1.98 bits per heavy atom. The zero-order chi connectivity index (χ0) is 38.0. The number of alkyl carbamates (subject to hydrolysis) is 1. The highest BCUT2D eigenvalue weighted by molar-refractivity contribution is 7.98. The first-order chi connectivity index (χ1) is 23.9. The van der Waals surface area contributed by atoms with Crippen molar-refractivity contribution in [3.05, 3.63) is 46.5 Å². The zero-order valence-corrected chi connectivity index (χ0v) is 32.3. The molecule has 2 fully saturated rings. The number of nitrogens with zero attached hydrogens (tertiary/aromatic N) is 2. The summed E-state index contributed by atoms with van der Waals surface area (Å²) >= 11 is 8.15. The third kappa shape index (κ3) is 8.85. The SMILES string of the molecule is COc1cc2cc(c1Cl)N(C)C(=O)CC(OC(=O)[C@H](C)N(C)C(=O)C(N)CSC)C1(C)OC1C(C)C1CC(O)(NC(=O)O1)C(C)/C=C/C=C(\C)C2. The summed E-state index contributed by atoms with van der Waals surface area (Å²) < 4.78 is 23.5. The maximum atomic E-state index is 14.1. The zero-order valence-electron chi connectivity index (χ0n) is 30.7. The number of thioether (sulfide) groups is 1. The highest BCUT2D eigenvalue weighted by Crippen LogP contribution is 2.49. The second kappa shape index (κ2) is 16.2. The number of methoxy groups -OCH3 is 1. The van der Waals surface area contributed by atoms with E-state index >= 15 is 0 Å². The van der Waals surface area contributed by atoms with E-state index in [1.54, 1.807) is 33.0 Å². The summed E-state index contributed by atoms with van der Waals surface area (Å²) in [6, 6.07) is 1.76. The first-order valence-electron chi connectivity index (χ1n) is 16.9. The number of ether oxygens (including phenoxy) is 4.